The van der Waals surface area contributed by atoms with Gasteiger partial charge in [0.2, 0.25) is 0 Å². The molecule has 2 amide bonds. The monoisotopic (exact) mass is 433 g/mol. The molecule has 7 heteroatoms. The van der Waals surface area contributed by atoms with Crippen molar-refractivity contribution in [1.29, 1.82) is 0 Å². The summed E-state index contributed by atoms with van der Waals surface area (Å²) in [6.45, 7) is 14.5. The van der Waals surface area contributed by atoms with Crippen molar-refractivity contribution in [2.45, 2.75) is 97.8 Å². The summed E-state index contributed by atoms with van der Waals surface area (Å²) in [7, 11) is 0. The van der Waals surface area contributed by atoms with E-state index in [0.717, 1.165) is 37.7 Å². The molecule has 0 unspecified atom stereocenters. The number of hydrogen-bond acceptors (Lipinski definition) is 5. The van der Waals surface area contributed by atoms with Crippen molar-refractivity contribution in [2.24, 2.45) is 0 Å². The molecule has 7 nitrogen and oxygen atoms in total. The Kier molecular flexibility index (Phi) is 8.32. The summed E-state index contributed by atoms with van der Waals surface area (Å²) in [4.78, 5) is 33.4. The zero-order valence-electron chi connectivity index (χ0n) is 20.2. The molecule has 174 valence electrons. The normalized spacial score (nSPS) is 17.3. The van der Waals surface area contributed by atoms with Crippen LogP contribution in [0.4, 0.5) is 15.4 Å². The highest BCUT2D eigenvalue weighted by Crippen LogP contribution is 2.32. The third-order valence-corrected chi connectivity index (χ3v) is 4.91. The number of rotatable bonds is 5. The van der Waals surface area contributed by atoms with E-state index >= 15 is 0 Å². The topological polar surface area (TPSA) is 72.0 Å². The Morgan fingerprint density at radius 1 is 1.10 bits per heavy atom. The predicted octanol–water partition coefficient (Wildman–Crippen LogP) is 6.09. The Balaban J connectivity index is 2.21. The molecule has 0 N–H and O–H groups in total. The second-order valence-electron chi connectivity index (χ2n) is 10.1. The van der Waals surface area contributed by atoms with Gasteiger partial charge < -0.3 is 14.4 Å². The van der Waals surface area contributed by atoms with E-state index in [1.54, 1.807) is 16.0 Å². The summed E-state index contributed by atoms with van der Waals surface area (Å²) in [6.07, 6.45) is 5.78. The molecule has 1 aromatic heterocycles. The lowest BCUT2D eigenvalue weighted by Gasteiger charge is -2.37. The number of piperidine rings is 1. The molecule has 2 rings (SSSR count). The number of hydrogen-bond donors (Lipinski definition) is 0. The number of anilines is 1. The Morgan fingerprint density at radius 2 is 1.77 bits per heavy atom. The number of carbonyl (C=O) groups is 2. The van der Waals surface area contributed by atoms with Crippen molar-refractivity contribution >= 4 is 18.0 Å². The van der Waals surface area contributed by atoms with Gasteiger partial charge in [0.25, 0.3) is 0 Å². The summed E-state index contributed by atoms with van der Waals surface area (Å²) in [6, 6.07) is 3.73. The lowest BCUT2D eigenvalue weighted by molar-refractivity contribution is 0.00947. The van der Waals surface area contributed by atoms with Gasteiger partial charge in [-0.15, -0.1) is 0 Å². The first-order valence-corrected chi connectivity index (χ1v) is 11.4. The third kappa shape index (κ3) is 7.71. The number of carbonyl (C=O) groups excluding carboxylic acids is 2. The van der Waals surface area contributed by atoms with Gasteiger partial charge in [-0.05, 0) is 78.9 Å². The molecule has 0 bridgehead atoms. The van der Waals surface area contributed by atoms with Crippen LogP contribution < -0.4 is 4.90 Å². The minimum Gasteiger partial charge on any atom is -0.444 e. The van der Waals surface area contributed by atoms with Crippen LogP contribution in [0.3, 0.4) is 0 Å². The van der Waals surface area contributed by atoms with E-state index in [2.05, 4.69) is 11.9 Å². The van der Waals surface area contributed by atoms with Gasteiger partial charge in [0.1, 0.15) is 17.0 Å². The van der Waals surface area contributed by atoms with Crippen LogP contribution in [0, 0.1) is 0 Å². The Morgan fingerprint density at radius 3 is 2.32 bits per heavy atom. The van der Waals surface area contributed by atoms with E-state index in [0.29, 0.717) is 18.9 Å². The van der Waals surface area contributed by atoms with E-state index in [-0.39, 0.29) is 12.1 Å². The van der Waals surface area contributed by atoms with E-state index in [4.69, 9.17) is 9.47 Å². The van der Waals surface area contributed by atoms with Crippen LogP contribution in [0.5, 0.6) is 0 Å². The van der Waals surface area contributed by atoms with Gasteiger partial charge in [0.05, 0.1) is 6.04 Å². The van der Waals surface area contributed by atoms with Crippen molar-refractivity contribution in [3.63, 3.8) is 0 Å². The average molecular weight is 434 g/mol. The molecular formula is C24H39N3O4. The summed E-state index contributed by atoms with van der Waals surface area (Å²) in [5, 5.41) is 0. The summed E-state index contributed by atoms with van der Waals surface area (Å²) < 4.78 is 11.2. The number of aromatic nitrogens is 1. The zero-order chi connectivity index (χ0) is 23.2. The first-order valence-electron chi connectivity index (χ1n) is 11.4. The maximum absolute atomic E-state index is 12.7. The highest BCUT2D eigenvalue weighted by molar-refractivity contribution is 5.86. The summed E-state index contributed by atoms with van der Waals surface area (Å²) in [5.74, 6) is 0.561. The van der Waals surface area contributed by atoms with Crippen LogP contribution in [-0.4, -0.2) is 46.4 Å². The molecule has 0 aliphatic carbocycles. The maximum Gasteiger partial charge on any atom is 0.416 e. The highest BCUT2D eigenvalue weighted by atomic mass is 16.6. The molecule has 1 aliphatic heterocycles. The third-order valence-electron chi connectivity index (χ3n) is 4.91. The molecule has 1 aliphatic rings. The van der Waals surface area contributed by atoms with Gasteiger partial charge >= 0.3 is 12.2 Å². The van der Waals surface area contributed by atoms with Gasteiger partial charge in [-0.25, -0.2) is 14.6 Å². The molecule has 1 aromatic rings. The van der Waals surface area contributed by atoms with Crippen LogP contribution >= 0.6 is 0 Å². The van der Waals surface area contributed by atoms with Crippen molar-refractivity contribution in [3.05, 3.63) is 23.9 Å². The standard InChI is InChI=1S/C24H39N3O4/c1-8-9-15-27(22(29)31-24(5,6)7)20-14-13-18(17-25-20)19-12-10-11-16-26(19)21(28)30-23(2,3)4/h13-14,17,19H,8-12,15-16H2,1-7H3/t19-/m1/s1. The number of ether oxygens (including phenoxy) is 2. The Labute approximate surface area is 187 Å². The predicted molar refractivity (Wildman–Crippen MR) is 122 cm³/mol. The van der Waals surface area contributed by atoms with Crippen LogP contribution in [0.15, 0.2) is 18.3 Å². The largest absolute Gasteiger partial charge is 0.444 e. The zero-order valence-corrected chi connectivity index (χ0v) is 20.2. The van der Waals surface area contributed by atoms with Crippen molar-refractivity contribution in [3.8, 4) is 0 Å². The van der Waals surface area contributed by atoms with Gasteiger partial charge in [-0.3, -0.25) is 4.90 Å². The Bertz CT molecular complexity index is 735. The van der Waals surface area contributed by atoms with Gasteiger partial charge in [0, 0.05) is 19.3 Å². The summed E-state index contributed by atoms with van der Waals surface area (Å²) in [5.41, 5.74) is -0.153. The fourth-order valence-electron chi connectivity index (χ4n) is 3.50. The van der Waals surface area contributed by atoms with E-state index < -0.39 is 17.3 Å². The van der Waals surface area contributed by atoms with Gasteiger partial charge in [0.15, 0.2) is 0 Å². The second kappa shape index (κ2) is 10.3. The first kappa shape index (κ1) is 25.0. The SMILES string of the molecule is CCCCN(C(=O)OC(C)(C)C)c1ccc([C@H]2CCCCN2C(=O)OC(C)(C)C)cn1. The fourth-order valence-corrected chi connectivity index (χ4v) is 3.50. The maximum atomic E-state index is 12.7. The van der Waals surface area contributed by atoms with Crippen LogP contribution in [0.1, 0.15) is 92.2 Å². The quantitative estimate of drug-likeness (QED) is 0.562. The molecule has 1 fully saturated rings. The molecule has 0 saturated carbocycles. The first-order chi connectivity index (χ1) is 14.4. The van der Waals surface area contributed by atoms with E-state index in [1.165, 1.54) is 0 Å². The number of unbranched alkanes of at least 4 members (excludes halogenated alkanes) is 1. The molecule has 0 spiro atoms. The van der Waals surface area contributed by atoms with E-state index in [1.807, 2.05) is 53.7 Å². The highest BCUT2D eigenvalue weighted by Gasteiger charge is 2.32. The molecule has 1 saturated heterocycles. The van der Waals surface area contributed by atoms with Crippen molar-refractivity contribution in [2.75, 3.05) is 18.0 Å². The minimum atomic E-state index is -0.572. The minimum absolute atomic E-state index is 0.0734. The summed E-state index contributed by atoms with van der Waals surface area (Å²) >= 11 is 0. The number of amides is 2. The number of likely N-dealkylation sites (tertiary alicyclic amines) is 1. The fraction of sp³-hybridized carbons (Fsp3) is 0.708. The van der Waals surface area contributed by atoms with E-state index in [9.17, 15) is 9.59 Å². The van der Waals surface area contributed by atoms with Crippen molar-refractivity contribution in [1.82, 2.24) is 9.88 Å². The molecule has 2 heterocycles. The van der Waals surface area contributed by atoms with Gasteiger partial charge in [-0.2, -0.15) is 0 Å². The molecule has 1 atom stereocenters. The molecular weight excluding hydrogens is 394 g/mol. The van der Waals surface area contributed by atoms with Crippen molar-refractivity contribution < 1.29 is 19.1 Å². The van der Waals surface area contributed by atoms with Crippen LogP contribution in [-0.2, 0) is 9.47 Å². The average Bonchev–Trinajstić information content (AvgIpc) is 2.66. The Hall–Kier alpha value is -2.31. The smallest absolute Gasteiger partial charge is 0.416 e. The molecule has 0 radical (unpaired) electrons. The van der Waals surface area contributed by atoms with Gasteiger partial charge in [-0.1, -0.05) is 19.4 Å². The molecule has 31 heavy (non-hydrogen) atoms. The van der Waals surface area contributed by atoms with Crippen LogP contribution in [0.25, 0.3) is 0 Å². The number of nitrogens with zero attached hydrogens (tertiary/aromatic N) is 3. The molecule has 0 aromatic carbocycles. The number of pyridine rings is 1. The second-order valence-corrected chi connectivity index (χ2v) is 10.1. The lowest BCUT2D eigenvalue weighted by Crippen LogP contribution is -2.42. The van der Waals surface area contributed by atoms with Crippen LogP contribution in [0.2, 0.25) is 0 Å². The lowest BCUT2D eigenvalue weighted by atomic mass is 9.97.